The third kappa shape index (κ3) is 9.26. The van der Waals surface area contributed by atoms with Crippen LogP contribution in [0.25, 0.3) is 10.9 Å². The lowest BCUT2D eigenvalue weighted by molar-refractivity contribution is -0.143. The number of fused-ring (bicyclic) bond motifs is 1. The Morgan fingerprint density at radius 2 is 1.64 bits per heavy atom. The van der Waals surface area contributed by atoms with Crippen molar-refractivity contribution in [3.63, 3.8) is 0 Å². The Balaban J connectivity index is 2.30. The van der Waals surface area contributed by atoms with E-state index in [1.54, 1.807) is 20.0 Å². The quantitative estimate of drug-likeness (QED) is 0.0698. The van der Waals surface area contributed by atoms with Crippen LogP contribution in [0.5, 0.6) is 0 Å². The van der Waals surface area contributed by atoms with E-state index in [1.807, 2.05) is 24.3 Å². The van der Waals surface area contributed by atoms with Crippen LogP contribution >= 0.6 is 0 Å². The zero-order valence-electron chi connectivity index (χ0n) is 22.0. The summed E-state index contributed by atoms with van der Waals surface area (Å²) >= 11 is 0. The number of benzene rings is 1. The molecule has 0 aliphatic carbocycles. The van der Waals surface area contributed by atoms with Gasteiger partial charge in [0.1, 0.15) is 24.2 Å². The van der Waals surface area contributed by atoms with Crippen LogP contribution in [0.2, 0.25) is 0 Å². The van der Waals surface area contributed by atoms with Crippen molar-refractivity contribution in [2.45, 2.75) is 57.3 Å². The van der Waals surface area contributed by atoms with Gasteiger partial charge in [0.25, 0.3) is 0 Å². The number of H-pyrrole nitrogens is 1. The fraction of sp³-hybridized carbons (Fsp3) is 0.480. The number of aliphatic imine (C=N–C) groups is 1. The van der Waals surface area contributed by atoms with Gasteiger partial charge in [0, 0.05) is 30.1 Å². The molecule has 2 rings (SSSR count). The number of carboxylic acid groups (broad SMARTS) is 1. The molecule has 0 fully saturated rings. The van der Waals surface area contributed by atoms with Gasteiger partial charge in [0.15, 0.2) is 5.96 Å². The monoisotopic (exact) mass is 546 g/mol. The zero-order chi connectivity index (χ0) is 29.1. The highest BCUT2D eigenvalue weighted by Gasteiger charge is 2.31. The second kappa shape index (κ2) is 14.7. The first-order valence-corrected chi connectivity index (χ1v) is 12.5. The SMILES string of the molecule is CC(C)C(NC(=O)C(CCCN=C(N)N)NC(=O)C(Cc1c[nH]c2ccccc12)NC(=O)C(N)CO)C(=O)O. The van der Waals surface area contributed by atoms with Crippen LogP contribution in [-0.2, 0) is 25.6 Å². The van der Waals surface area contributed by atoms with Crippen molar-refractivity contribution in [1.29, 1.82) is 0 Å². The number of aromatic nitrogens is 1. The number of carbonyl (C=O) groups excluding carboxylic acids is 3. The number of rotatable bonds is 15. The Morgan fingerprint density at radius 3 is 2.26 bits per heavy atom. The van der Waals surface area contributed by atoms with Crippen LogP contribution in [0, 0.1) is 5.92 Å². The number of para-hydroxylation sites is 1. The molecule has 14 heteroatoms. The highest BCUT2D eigenvalue weighted by molar-refractivity contribution is 5.95. The Labute approximate surface area is 225 Å². The Hall–Kier alpha value is -4.17. The molecule has 3 amide bonds. The standard InChI is InChI=1S/C25H38N8O6/c1-13(2)20(24(38)39)33-22(36)18(8-5-9-29-25(27)28)31-23(37)19(32-21(35)16(26)12-34)10-14-11-30-17-7-4-3-6-15(14)17/h3-4,6-7,11,13,16,18-20,30,34H,5,8-10,12,26H2,1-2H3,(H,31,37)(H,32,35)(H,33,36)(H,38,39)(H4,27,28,29). The van der Waals surface area contributed by atoms with Crippen LogP contribution in [0.1, 0.15) is 32.3 Å². The lowest BCUT2D eigenvalue weighted by Crippen LogP contribution is -2.58. The van der Waals surface area contributed by atoms with Crippen molar-refractivity contribution >= 4 is 40.6 Å². The van der Waals surface area contributed by atoms with E-state index in [0.717, 1.165) is 16.5 Å². The number of aromatic amines is 1. The van der Waals surface area contributed by atoms with Gasteiger partial charge in [0.2, 0.25) is 17.7 Å². The molecule has 14 nitrogen and oxygen atoms in total. The zero-order valence-corrected chi connectivity index (χ0v) is 22.0. The number of nitrogens with one attached hydrogen (secondary N) is 4. The number of guanidine groups is 1. The molecule has 39 heavy (non-hydrogen) atoms. The number of amides is 3. The summed E-state index contributed by atoms with van der Waals surface area (Å²) in [6.45, 7) is 2.83. The molecule has 1 aromatic heterocycles. The maximum Gasteiger partial charge on any atom is 0.326 e. The summed E-state index contributed by atoms with van der Waals surface area (Å²) in [5, 5.41) is 27.3. The van der Waals surface area contributed by atoms with Gasteiger partial charge in [-0.05, 0) is 30.4 Å². The van der Waals surface area contributed by atoms with Crippen LogP contribution in [0.15, 0.2) is 35.5 Å². The molecular weight excluding hydrogens is 508 g/mol. The van der Waals surface area contributed by atoms with E-state index in [-0.39, 0.29) is 25.3 Å². The third-order valence-electron chi connectivity index (χ3n) is 6.07. The average Bonchev–Trinajstić information content (AvgIpc) is 3.29. The molecule has 4 atom stereocenters. The second-order valence-corrected chi connectivity index (χ2v) is 9.49. The number of hydrogen-bond acceptors (Lipinski definition) is 7. The minimum Gasteiger partial charge on any atom is -0.480 e. The topological polar surface area (TPSA) is 251 Å². The van der Waals surface area contributed by atoms with Crippen molar-refractivity contribution in [3.05, 3.63) is 36.0 Å². The summed E-state index contributed by atoms with van der Waals surface area (Å²) in [6, 6.07) is 2.64. The van der Waals surface area contributed by atoms with E-state index < -0.39 is 60.4 Å². The van der Waals surface area contributed by atoms with Crippen molar-refractivity contribution in [2.24, 2.45) is 28.1 Å². The molecule has 214 valence electrons. The molecule has 0 radical (unpaired) electrons. The minimum atomic E-state index is -1.26. The van der Waals surface area contributed by atoms with Gasteiger partial charge < -0.3 is 48.3 Å². The molecule has 2 aromatic rings. The van der Waals surface area contributed by atoms with Crippen LogP contribution in [0.4, 0.5) is 0 Å². The number of nitrogens with zero attached hydrogens (tertiary/aromatic N) is 1. The van der Waals surface area contributed by atoms with E-state index in [4.69, 9.17) is 17.2 Å². The van der Waals surface area contributed by atoms with Gasteiger partial charge in [-0.25, -0.2) is 4.79 Å². The van der Waals surface area contributed by atoms with Crippen molar-refractivity contribution < 1.29 is 29.4 Å². The van der Waals surface area contributed by atoms with E-state index in [0.29, 0.717) is 6.42 Å². The largest absolute Gasteiger partial charge is 0.480 e. The molecule has 1 heterocycles. The molecule has 0 saturated carbocycles. The third-order valence-corrected chi connectivity index (χ3v) is 6.07. The molecule has 0 aliphatic heterocycles. The molecule has 12 N–H and O–H groups in total. The summed E-state index contributed by atoms with van der Waals surface area (Å²) in [6.07, 6.45) is 2.14. The Morgan fingerprint density at radius 1 is 1.00 bits per heavy atom. The van der Waals surface area contributed by atoms with E-state index in [2.05, 4.69) is 25.9 Å². The maximum absolute atomic E-state index is 13.5. The number of aliphatic hydroxyl groups excluding tert-OH is 1. The molecule has 0 bridgehead atoms. The fourth-order valence-electron chi connectivity index (χ4n) is 3.90. The van der Waals surface area contributed by atoms with Gasteiger partial charge in [-0.15, -0.1) is 0 Å². The lowest BCUT2D eigenvalue weighted by Gasteiger charge is -2.26. The highest BCUT2D eigenvalue weighted by atomic mass is 16.4. The normalized spacial score (nSPS) is 14.2. The first kappa shape index (κ1) is 31.1. The summed E-state index contributed by atoms with van der Waals surface area (Å²) in [7, 11) is 0. The smallest absolute Gasteiger partial charge is 0.326 e. The number of nitrogens with two attached hydrogens (primary N) is 3. The molecule has 0 saturated heterocycles. The lowest BCUT2D eigenvalue weighted by atomic mass is 10.0. The Bertz CT molecular complexity index is 1180. The average molecular weight is 547 g/mol. The highest BCUT2D eigenvalue weighted by Crippen LogP contribution is 2.19. The summed E-state index contributed by atoms with van der Waals surface area (Å²) in [5.74, 6) is -3.93. The number of aliphatic carboxylic acids is 1. The van der Waals surface area contributed by atoms with Crippen LogP contribution in [-0.4, -0.2) is 82.2 Å². The molecular formula is C25H38N8O6. The van der Waals surface area contributed by atoms with Gasteiger partial charge in [0.05, 0.1) is 6.61 Å². The first-order valence-electron chi connectivity index (χ1n) is 12.5. The predicted octanol–water partition coefficient (Wildman–Crippen LogP) is -1.72. The summed E-state index contributed by atoms with van der Waals surface area (Å²) in [4.78, 5) is 57.7. The molecule has 4 unspecified atom stereocenters. The minimum absolute atomic E-state index is 0.0474. The Kier molecular flexibility index (Phi) is 11.7. The van der Waals surface area contributed by atoms with E-state index >= 15 is 0 Å². The summed E-state index contributed by atoms with van der Waals surface area (Å²) < 4.78 is 0. The van der Waals surface area contributed by atoms with Gasteiger partial charge >= 0.3 is 5.97 Å². The fourth-order valence-corrected chi connectivity index (χ4v) is 3.90. The number of aliphatic hydroxyl groups is 1. The van der Waals surface area contributed by atoms with Crippen LogP contribution in [0.3, 0.4) is 0 Å². The van der Waals surface area contributed by atoms with Gasteiger partial charge in [-0.1, -0.05) is 32.0 Å². The second-order valence-electron chi connectivity index (χ2n) is 9.49. The van der Waals surface area contributed by atoms with Gasteiger partial charge in [-0.3, -0.25) is 19.4 Å². The van der Waals surface area contributed by atoms with Crippen molar-refractivity contribution in [1.82, 2.24) is 20.9 Å². The molecule has 0 spiro atoms. The number of hydrogen-bond donors (Lipinski definition) is 9. The maximum atomic E-state index is 13.5. The number of carbonyl (C=O) groups is 4. The summed E-state index contributed by atoms with van der Waals surface area (Å²) in [5.41, 5.74) is 17.9. The predicted molar refractivity (Wildman–Crippen MR) is 145 cm³/mol. The van der Waals surface area contributed by atoms with Crippen molar-refractivity contribution in [2.75, 3.05) is 13.2 Å². The van der Waals surface area contributed by atoms with Crippen molar-refractivity contribution in [3.8, 4) is 0 Å². The van der Waals surface area contributed by atoms with E-state index in [9.17, 15) is 29.4 Å². The van der Waals surface area contributed by atoms with Gasteiger partial charge in [-0.2, -0.15) is 0 Å². The van der Waals surface area contributed by atoms with Crippen LogP contribution < -0.4 is 33.2 Å². The first-order chi connectivity index (χ1) is 18.4. The molecule has 1 aromatic carbocycles. The molecule has 0 aliphatic rings. The van der Waals surface area contributed by atoms with E-state index in [1.165, 1.54) is 0 Å². The number of carboxylic acids is 1.